The van der Waals surface area contributed by atoms with Gasteiger partial charge in [-0.15, -0.1) is 10.2 Å². The molecule has 0 atom stereocenters. The fourth-order valence-electron chi connectivity index (χ4n) is 2.37. The van der Waals surface area contributed by atoms with E-state index in [4.69, 9.17) is 4.74 Å². The van der Waals surface area contributed by atoms with E-state index >= 15 is 0 Å². The second-order valence-electron chi connectivity index (χ2n) is 5.38. The first-order chi connectivity index (χ1) is 12.8. The van der Waals surface area contributed by atoms with Gasteiger partial charge in [-0.3, -0.25) is 13.5 Å². The van der Waals surface area contributed by atoms with Crippen LogP contribution in [0.3, 0.4) is 0 Å². The van der Waals surface area contributed by atoms with Crippen LogP contribution in [0.4, 0.5) is 14.5 Å². The lowest BCUT2D eigenvalue weighted by Gasteiger charge is -2.23. The van der Waals surface area contributed by atoms with E-state index < -0.39 is 34.2 Å². The monoisotopic (exact) mass is 396 g/mol. The summed E-state index contributed by atoms with van der Waals surface area (Å²) in [7, 11) is -4.30. The summed E-state index contributed by atoms with van der Waals surface area (Å²) in [5.74, 6) is -3.22. The third-order valence-electron chi connectivity index (χ3n) is 3.62. The number of hydrogen-bond donors (Lipinski definition) is 0. The number of carbonyl (C=O) groups excluding carboxylic acids is 1. The van der Waals surface area contributed by atoms with Gasteiger partial charge in [0.25, 0.3) is 10.0 Å². The Kier molecular flexibility index (Phi) is 5.04. The highest BCUT2D eigenvalue weighted by Gasteiger charge is 2.29. The van der Waals surface area contributed by atoms with Gasteiger partial charge in [-0.1, -0.05) is 0 Å². The van der Waals surface area contributed by atoms with Gasteiger partial charge in [0.2, 0.25) is 0 Å². The Bertz CT molecular complexity index is 1100. The van der Waals surface area contributed by atoms with E-state index in [2.05, 4.69) is 10.2 Å². The number of aromatic nitrogens is 3. The van der Waals surface area contributed by atoms with Gasteiger partial charge in [-0.25, -0.2) is 17.2 Å². The predicted molar refractivity (Wildman–Crippen MR) is 90.5 cm³/mol. The number of carbonyl (C=O) groups is 1. The molecule has 0 saturated heterocycles. The Labute approximate surface area is 153 Å². The Balaban J connectivity index is 2.09. The van der Waals surface area contributed by atoms with Crippen LogP contribution in [-0.2, 0) is 19.6 Å². The van der Waals surface area contributed by atoms with Crippen molar-refractivity contribution in [3.63, 3.8) is 0 Å². The highest BCUT2D eigenvalue weighted by Crippen LogP contribution is 2.25. The molecule has 3 rings (SSSR count). The van der Waals surface area contributed by atoms with Crippen molar-refractivity contribution in [2.45, 2.75) is 11.8 Å². The Hall–Kier alpha value is -3.08. The van der Waals surface area contributed by atoms with Crippen molar-refractivity contribution in [3.05, 3.63) is 54.5 Å². The number of anilines is 1. The highest BCUT2D eigenvalue weighted by atomic mass is 32.2. The molecule has 0 radical (unpaired) electrons. The first-order valence-corrected chi connectivity index (χ1v) is 9.19. The summed E-state index contributed by atoms with van der Waals surface area (Å²) in [6.07, 6.45) is 2.56. The van der Waals surface area contributed by atoms with Crippen LogP contribution in [0.5, 0.6) is 0 Å². The van der Waals surface area contributed by atoms with Gasteiger partial charge in [-0.2, -0.15) is 0 Å². The van der Waals surface area contributed by atoms with E-state index in [0.29, 0.717) is 16.0 Å². The lowest BCUT2D eigenvalue weighted by atomic mass is 10.3. The topological polar surface area (TPSA) is 93.9 Å². The van der Waals surface area contributed by atoms with Gasteiger partial charge < -0.3 is 4.74 Å². The molecule has 0 N–H and O–H groups in total. The van der Waals surface area contributed by atoms with E-state index in [1.807, 2.05) is 0 Å². The molecule has 0 bridgehead atoms. The SMILES string of the molecule is CCOC(=O)CN(c1ccc(F)c(F)c1)S(=O)(=O)c1ccc2nncn2c1. The predicted octanol–water partition coefficient (Wildman–Crippen LogP) is 1.77. The summed E-state index contributed by atoms with van der Waals surface area (Å²) in [4.78, 5) is 11.7. The summed E-state index contributed by atoms with van der Waals surface area (Å²) < 4.78 is 59.9. The number of ether oxygens (including phenoxy) is 1. The van der Waals surface area contributed by atoms with Crippen molar-refractivity contribution in [2.24, 2.45) is 0 Å². The lowest BCUT2D eigenvalue weighted by molar-refractivity contribution is -0.141. The molecule has 0 amide bonds. The van der Waals surface area contributed by atoms with E-state index in [1.54, 1.807) is 6.92 Å². The molecule has 0 aliphatic rings. The maximum atomic E-state index is 13.6. The van der Waals surface area contributed by atoms with Crippen molar-refractivity contribution in [1.29, 1.82) is 0 Å². The number of esters is 1. The third-order valence-corrected chi connectivity index (χ3v) is 5.38. The zero-order chi connectivity index (χ0) is 19.6. The van der Waals surface area contributed by atoms with E-state index in [-0.39, 0.29) is 17.2 Å². The molecule has 0 aliphatic carbocycles. The van der Waals surface area contributed by atoms with Crippen LogP contribution in [-0.4, -0.2) is 42.1 Å². The molecule has 2 heterocycles. The molecule has 0 saturated carbocycles. The van der Waals surface area contributed by atoms with Gasteiger partial charge in [0.15, 0.2) is 17.3 Å². The number of nitrogens with zero attached hydrogens (tertiary/aromatic N) is 4. The molecule has 0 unspecified atom stereocenters. The molecule has 0 aliphatic heterocycles. The third kappa shape index (κ3) is 3.72. The van der Waals surface area contributed by atoms with Gasteiger partial charge in [0.1, 0.15) is 17.8 Å². The minimum absolute atomic E-state index is 0.0389. The number of halogens is 2. The van der Waals surface area contributed by atoms with Crippen LogP contribution in [0.25, 0.3) is 5.65 Å². The van der Waals surface area contributed by atoms with Crippen molar-refractivity contribution >= 4 is 27.3 Å². The number of rotatable bonds is 6. The number of fused-ring (bicyclic) bond motifs is 1. The zero-order valence-electron chi connectivity index (χ0n) is 14.0. The smallest absolute Gasteiger partial charge is 0.326 e. The van der Waals surface area contributed by atoms with Gasteiger partial charge in [0.05, 0.1) is 12.3 Å². The second kappa shape index (κ2) is 7.27. The molecular weight excluding hydrogens is 382 g/mol. The minimum Gasteiger partial charge on any atom is -0.465 e. The van der Waals surface area contributed by atoms with Crippen LogP contribution >= 0.6 is 0 Å². The van der Waals surface area contributed by atoms with E-state index in [1.165, 1.54) is 29.1 Å². The summed E-state index contributed by atoms with van der Waals surface area (Å²) in [6.45, 7) is 0.896. The quantitative estimate of drug-likeness (QED) is 0.590. The number of sulfonamides is 1. The summed E-state index contributed by atoms with van der Waals surface area (Å²) in [5.41, 5.74) is 0.199. The molecule has 2 aromatic heterocycles. The minimum atomic E-state index is -4.30. The van der Waals surface area contributed by atoms with Crippen molar-refractivity contribution in [1.82, 2.24) is 14.6 Å². The van der Waals surface area contributed by atoms with Crippen LogP contribution in [0.15, 0.2) is 47.8 Å². The van der Waals surface area contributed by atoms with Crippen LogP contribution in [0.2, 0.25) is 0 Å². The molecule has 142 valence electrons. The first kappa shape index (κ1) is 18.7. The largest absolute Gasteiger partial charge is 0.465 e. The summed E-state index contributed by atoms with van der Waals surface area (Å²) >= 11 is 0. The average Bonchev–Trinajstić information content (AvgIpc) is 3.10. The van der Waals surface area contributed by atoms with E-state index in [0.717, 1.165) is 12.1 Å². The first-order valence-electron chi connectivity index (χ1n) is 7.75. The molecule has 3 aromatic rings. The zero-order valence-corrected chi connectivity index (χ0v) is 14.9. The van der Waals surface area contributed by atoms with E-state index in [9.17, 15) is 22.0 Å². The van der Waals surface area contributed by atoms with Crippen LogP contribution < -0.4 is 4.31 Å². The number of benzene rings is 1. The molecule has 27 heavy (non-hydrogen) atoms. The standard InChI is InChI=1S/C16H14F2N4O4S/c1-2-26-16(23)9-22(11-3-5-13(17)14(18)7-11)27(24,25)12-4-6-15-20-19-10-21(15)8-12/h3-8,10H,2,9H2,1H3. The molecule has 8 nitrogen and oxygen atoms in total. The van der Waals surface area contributed by atoms with Gasteiger partial charge in [0, 0.05) is 12.3 Å². The summed E-state index contributed by atoms with van der Waals surface area (Å²) in [6, 6.07) is 5.24. The van der Waals surface area contributed by atoms with Crippen LogP contribution in [0, 0.1) is 11.6 Å². The maximum Gasteiger partial charge on any atom is 0.326 e. The molecule has 1 aromatic carbocycles. The second-order valence-corrected chi connectivity index (χ2v) is 7.24. The molecule has 0 spiro atoms. The Morgan fingerprint density at radius 1 is 1.22 bits per heavy atom. The van der Waals surface area contributed by atoms with Gasteiger partial charge >= 0.3 is 5.97 Å². The molecule has 0 fully saturated rings. The normalized spacial score (nSPS) is 11.5. The van der Waals surface area contributed by atoms with Gasteiger partial charge in [-0.05, 0) is 31.2 Å². The average molecular weight is 396 g/mol. The van der Waals surface area contributed by atoms with Crippen LogP contribution in [0.1, 0.15) is 6.92 Å². The maximum absolute atomic E-state index is 13.6. The Morgan fingerprint density at radius 3 is 2.70 bits per heavy atom. The molecular formula is C16H14F2N4O4S. The van der Waals surface area contributed by atoms with Crippen molar-refractivity contribution < 1.29 is 26.7 Å². The van der Waals surface area contributed by atoms with Crippen molar-refractivity contribution in [2.75, 3.05) is 17.5 Å². The highest BCUT2D eigenvalue weighted by molar-refractivity contribution is 7.92. The molecule has 11 heteroatoms. The van der Waals surface area contributed by atoms with Crippen molar-refractivity contribution in [3.8, 4) is 0 Å². The summed E-state index contributed by atoms with van der Waals surface area (Å²) in [5, 5.41) is 7.44. The number of hydrogen-bond acceptors (Lipinski definition) is 6. The fourth-order valence-corrected chi connectivity index (χ4v) is 3.77. The lowest BCUT2D eigenvalue weighted by Crippen LogP contribution is -2.36. The number of pyridine rings is 1. The fraction of sp³-hybridized carbons (Fsp3) is 0.188. The Morgan fingerprint density at radius 2 is 2.00 bits per heavy atom.